The summed E-state index contributed by atoms with van der Waals surface area (Å²) in [5.74, 6) is 0. The fraction of sp³-hybridized carbons (Fsp3) is 0.400. The Morgan fingerprint density at radius 3 is 2.74 bits per heavy atom. The van der Waals surface area contributed by atoms with Crippen LogP contribution in [0.1, 0.15) is 18.4 Å². The van der Waals surface area contributed by atoms with Crippen LogP contribution in [0.2, 0.25) is 0 Å². The second kappa shape index (κ2) is 5.15. The predicted octanol–water partition coefficient (Wildman–Crippen LogP) is 1.73. The van der Waals surface area contributed by atoms with Crippen molar-refractivity contribution in [2.45, 2.75) is 19.4 Å². The van der Waals surface area contributed by atoms with Crippen molar-refractivity contribution < 1.29 is 5.11 Å². The topological polar surface area (TPSA) is 50.1 Å². The van der Waals surface area contributed by atoms with Gasteiger partial charge in [0.2, 0.25) is 0 Å². The average molecular weight is 257 g/mol. The van der Waals surface area contributed by atoms with Crippen LogP contribution in [0.5, 0.6) is 0 Å². The number of rotatable bonds is 6. The molecule has 0 aliphatic heterocycles. The maximum absolute atomic E-state index is 9.25. The minimum atomic E-state index is 0.162. The van der Waals surface area contributed by atoms with Gasteiger partial charge in [-0.1, -0.05) is 18.2 Å². The third-order valence-corrected chi connectivity index (χ3v) is 3.78. The molecule has 2 aromatic rings. The predicted molar refractivity (Wildman–Crippen MR) is 74.0 cm³/mol. The SMILES string of the molecule is OCC1(CNCc2cnn(-c3ccccc3)c2)CC1. The maximum Gasteiger partial charge on any atom is 0.0645 e. The van der Waals surface area contributed by atoms with Gasteiger partial charge in [-0.3, -0.25) is 0 Å². The Labute approximate surface area is 113 Å². The number of benzene rings is 1. The van der Waals surface area contributed by atoms with Crippen LogP contribution in [0.4, 0.5) is 0 Å². The maximum atomic E-state index is 9.25. The number of aliphatic hydroxyl groups excluding tert-OH is 1. The summed E-state index contributed by atoms with van der Waals surface area (Å²) in [4.78, 5) is 0. The number of aliphatic hydroxyl groups is 1. The summed E-state index contributed by atoms with van der Waals surface area (Å²) in [6.07, 6.45) is 6.21. The summed E-state index contributed by atoms with van der Waals surface area (Å²) in [6.45, 7) is 1.98. The zero-order valence-corrected chi connectivity index (χ0v) is 10.9. The molecule has 0 unspecified atom stereocenters. The van der Waals surface area contributed by atoms with E-state index >= 15 is 0 Å². The number of para-hydroxylation sites is 1. The van der Waals surface area contributed by atoms with E-state index in [0.29, 0.717) is 6.61 Å². The monoisotopic (exact) mass is 257 g/mol. The van der Waals surface area contributed by atoms with Crippen molar-refractivity contribution in [3.05, 3.63) is 48.3 Å². The van der Waals surface area contributed by atoms with E-state index in [0.717, 1.165) is 37.2 Å². The number of nitrogens with one attached hydrogen (secondary N) is 1. The van der Waals surface area contributed by atoms with E-state index in [4.69, 9.17) is 0 Å². The Hall–Kier alpha value is -1.65. The fourth-order valence-electron chi connectivity index (χ4n) is 2.21. The molecule has 100 valence electrons. The highest BCUT2D eigenvalue weighted by Crippen LogP contribution is 2.44. The van der Waals surface area contributed by atoms with Gasteiger partial charge in [0.15, 0.2) is 0 Å². The Morgan fingerprint density at radius 1 is 1.26 bits per heavy atom. The van der Waals surface area contributed by atoms with Gasteiger partial charge in [-0.15, -0.1) is 0 Å². The van der Waals surface area contributed by atoms with Gasteiger partial charge in [-0.05, 0) is 25.0 Å². The van der Waals surface area contributed by atoms with E-state index in [1.54, 1.807) is 0 Å². The van der Waals surface area contributed by atoms with Crippen molar-refractivity contribution in [2.75, 3.05) is 13.2 Å². The molecule has 3 rings (SSSR count). The summed E-state index contributed by atoms with van der Waals surface area (Å²) in [6, 6.07) is 10.1. The first-order valence-corrected chi connectivity index (χ1v) is 6.72. The molecule has 1 saturated carbocycles. The molecule has 4 heteroatoms. The van der Waals surface area contributed by atoms with Crippen molar-refractivity contribution in [1.82, 2.24) is 15.1 Å². The summed E-state index contributed by atoms with van der Waals surface area (Å²) >= 11 is 0. The van der Waals surface area contributed by atoms with Crippen molar-refractivity contribution in [2.24, 2.45) is 5.41 Å². The molecule has 0 spiro atoms. The molecule has 1 aromatic carbocycles. The standard InChI is InChI=1S/C15H19N3O/c19-12-15(6-7-15)11-16-8-13-9-17-18(10-13)14-4-2-1-3-5-14/h1-5,9-10,16,19H,6-8,11-12H2. The highest BCUT2D eigenvalue weighted by atomic mass is 16.3. The van der Waals surface area contributed by atoms with Crippen LogP contribution < -0.4 is 5.32 Å². The van der Waals surface area contributed by atoms with Crippen LogP contribution in [0.15, 0.2) is 42.7 Å². The lowest BCUT2D eigenvalue weighted by Crippen LogP contribution is -2.25. The number of nitrogens with zero attached hydrogens (tertiary/aromatic N) is 2. The molecule has 19 heavy (non-hydrogen) atoms. The third kappa shape index (κ3) is 2.85. The van der Waals surface area contributed by atoms with Gasteiger partial charge < -0.3 is 10.4 Å². The Kier molecular flexibility index (Phi) is 3.36. The first kappa shape index (κ1) is 12.4. The van der Waals surface area contributed by atoms with E-state index in [2.05, 4.69) is 10.4 Å². The quantitative estimate of drug-likeness (QED) is 0.828. The zero-order valence-electron chi connectivity index (χ0n) is 10.9. The normalized spacial score (nSPS) is 16.5. The lowest BCUT2D eigenvalue weighted by atomic mass is 10.1. The van der Waals surface area contributed by atoms with Crippen LogP contribution in [-0.2, 0) is 6.54 Å². The zero-order chi connectivity index (χ0) is 13.1. The Morgan fingerprint density at radius 2 is 2.05 bits per heavy atom. The van der Waals surface area contributed by atoms with Gasteiger partial charge in [0.1, 0.15) is 0 Å². The molecule has 0 saturated heterocycles. The minimum Gasteiger partial charge on any atom is -0.396 e. The highest BCUT2D eigenvalue weighted by molar-refractivity contribution is 5.30. The molecule has 1 aliphatic carbocycles. The summed E-state index contributed by atoms with van der Waals surface area (Å²) in [5, 5.41) is 17.0. The molecule has 0 radical (unpaired) electrons. The molecule has 4 nitrogen and oxygen atoms in total. The Bertz CT molecular complexity index is 531. The van der Waals surface area contributed by atoms with Crippen LogP contribution in [0, 0.1) is 5.41 Å². The van der Waals surface area contributed by atoms with Crippen LogP contribution in [0.3, 0.4) is 0 Å². The van der Waals surface area contributed by atoms with Gasteiger partial charge in [-0.2, -0.15) is 5.10 Å². The molecular formula is C15H19N3O. The second-order valence-corrected chi connectivity index (χ2v) is 5.39. The summed E-state index contributed by atoms with van der Waals surface area (Å²) in [7, 11) is 0. The summed E-state index contributed by atoms with van der Waals surface area (Å²) in [5.41, 5.74) is 2.40. The van der Waals surface area contributed by atoms with Gasteiger partial charge in [0.25, 0.3) is 0 Å². The third-order valence-electron chi connectivity index (χ3n) is 3.78. The molecule has 1 heterocycles. The van der Waals surface area contributed by atoms with Crippen molar-refractivity contribution in [1.29, 1.82) is 0 Å². The molecule has 1 aromatic heterocycles. The first-order valence-electron chi connectivity index (χ1n) is 6.72. The van der Waals surface area contributed by atoms with E-state index in [1.807, 2.05) is 47.4 Å². The van der Waals surface area contributed by atoms with Crippen LogP contribution in [-0.4, -0.2) is 28.0 Å². The smallest absolute Gasteiger partial charge is 0.0645 e. The van der Waals surface area contributed by atoms with Crippen molar-refractivity contribution >= 4 is 0 Å². The van der Waals surface area contributed by atoms with Crippen LogP contribution in [0.25, 0.3) is 5.69 Å². The molecular weight excluding hydrogens is 238 g/mol. The van der Waals surface area contributed by atoms with Crippen molar-refractivity contribution in [3.8, 4) is 5.69 Å². The lowest BCUT2D eigenvalue weighted by Gasteiger charge is -2.11. The lowest BCUT2D eigenvalue weighted by molar-refractivity contribution is 0.207. The van der Waals surface area contributed by atoms with E-state index in [1.165, 1.54) is 0 Å². The second-order valence-electron chi connectivity index (χ2n) is 5.39. The first-order chi connectivity index (χ1) is 9.31. The molecule has 1 fully saturated rings. The number of hydrogen-bond acceptors (Lipinski definition) is 3. The molecule has 0 atom stereocenters. The minimum absolute atomic E-state index is 0.162. The molecule has 1 aliphatic rings. The average Bonchev–Trinajstić information content (AvgIpc) is 3.09. The highest BCUT2D eigenvalue weighted by Gasteiger charge is 2.41. The molecule has 2 N–H and O–H groups in total. The fourth-order valence-corrected chi connectivity index (χ4v) is 2.21. The van der Waals surface area contributed by atoms with Gasteiger partial charge in [-0.25, -0.2) is 4.68 Å². The molecule has 0 amide bonds. The number of hydrogen-bond donors (Lipinski definition) is 2. The van der Waals surface area contributed by atoms with Crippen molar-refractivity contribution in [3.63, 3.8) is 0 Å². The van der Waals surface area contributed by atoms with Gasteiger partial charge in [0, 0.05) is 36.9 Å². The van der Waals surface area contributed by atoms with E-state index in [-0.39, 0.29) is 5.41 Å². The number of aromatic nitrogens is 2. The summed E-state index contributed by atoms with van der Waals surface area (Å²) < 4.78 is 1.88. The largest absolute Gasteiger partial charge is 0.396 e. The van der Waals surface area contributed by atoms with Crippen LogP contribution >= 0.6 is 0 Å². The van der Waals surface area contributed by atoms with E-state index in [9.17, 15) is 5.11 Å². The van der Waals surface area contributed by atoms with Gasteiger partial charge >= 0.3 is 0 Å². The van der Waals surface area contributed by atoms with Gasteiger partial charge in [0.05, 0.1) is 11.9 Å². The molecule has 0 bridgehead atoms. The van der Waals surface area contributed by atoms with E-state index < -0.39 is 0 Å². The Balaban J connectivity index is 1.57.